The number of ether oxygens (including phenoxy) is 1. The van der Waals surface area contributed by atoms with Crippen LogP contribution >= 0.6 is 11.6 Å². The summed E-state index contributed by atoms with van der Waals surface area (Å²) in [5.74, 6) is 0.867. The highest BCUT2D eigenvalue weighted by atomic mass is 35.5. The summed E-state index contributed by atoms with van der Waals surface area (Å²) in [6.45, 7) is 10.3. The van der Waals surface area contributed by atoms with Crippen molar-refractivity contribution in [2.75, 3.05) is 31.1 Å². The van der Waals surface area contributed by atoms with E-state index in [4.69, 9.17) is 16.3 Å². The first-order valence-electron chi connectivity index (χ1n) is 7.54. The lowest BCUT2D eigenvalue weighted by atomic mass is 10.2. The summed E-state index contributed by atoms with van der Waals surface area (Å²) < 4.78 is 5.40. The molecule has 1 fully saturated rings. The molecule has 0 spiro atoms. The number of halogens is 1. The number of hydrogen-bond acceptors (Lipinski definition) is 5. The van der Waals surface area contributed by atoms with Gasteiger partial charge in [-0.1, -0.05) is 18.5 Å². The molecule has 0 aromatic carbocycles. The highest BCUT2D eigenvalue weighted by Gasteiger charge is 2.27. The normalized spacial score (nSPS) is 15.9. The average Bonchev–Trinajstić information content (AvgIpc) is 2.45. The molecule has 0 atom stereocenters. The Balaban J connectivity index is 2.01. The SMILES string of the molecule is CCc1c(Cl)ncnc1N1CCN(C(=O)OC(C)(C)C)CC1. The Hall–Kier alpha value is -1.56. The average molecular weight is 327 g/mol. The minimum atomic E-state index is -0.468. The maximum Gasteiger partial charge on any atom is 0.410 e. The van der Waals surface area contributed by atoms with Crippen molar-refractivity contribution < 1.29 is 9.53 Å². The second kappa shape index (κ2) is 6.69. The molecule has 1 aromatic heterocycles. The van der Waals surface area contributed by atoms with Crippen molar-refractivity contribution in [3.05, 3.63) is 17.0 Å². The van der Waals surface area contributed by atoms with Gasteiger partial charge in [-0.25, -0.2) is 14.8 Å². The molecular weight excluding hydrogens is 304 g/mol. The molecule has 1 saturated heterocycles. The van der Waals surface area contributed by atoms with Crippen LogP contribution in [-0.4, -0.2) is 52.7 Å². The zero-order valence-electron chi connectivity index (χ0n) is 13.6. The largest absolute Gasteiger partial charge is 0.444 e. The molecule has 0 aliphatic carbocycles. The Morgan fingerprint density at radius 2 is 1.91 bits per heavy atom. The number of anilines is 1. The maximum atomic E-state index is 12.1. The van der Waals surface area contributed by atoms with Crippen molar-refractivity contribution in [1.82, 2.24) is 14.9 Å². The molecule has 1 aromatic rings. The van der Waals surface area contributed by atoms with E-state index in [1.165, 1.54) is 6.33 Å². The molecule has 122 valence electrons. The van der Waals surface area contributed by atoms with Crippen molar-refractivity contribution in [1.29, 1.82) is 0 Å². The lowest BCUT2D eigenvalue weighted by Crippen LogP contribution is -2.50. The highest BCUT2D eigenvalue weighted by molar-refractivity contribution is 6.30. The summed E-state index contributed by atoms with van der Waals surface area (Å²) >= 11 is 6.14. The van der Waals surface area contributed by atoms with Gasteiger partial charge in [0.25, 0.3) is 0 Å². The molecule has 1 amide bonds. The summed E-state index contributed by atoms with van der Waals surface area (Å²) in [6, 6.07) is 0. The van der Waals surface area contributed by atoms with Crippen LogP contribution in [-0.2, 0) is 11.2 Å². The molecule has 0 bridgehead atoms. The monoisotopic (exact) mass is 326 g/mol. The Labute approximate surface area is 136 Å². The number of rotatable bonds is 2. The van der Waals surface area contributed by atoms with E-state index in [2.05, 4.69) is 14.9 Å². The Kier molecular flexibility index (Phi) is 5.11. The predicted octanol–water partition coefficient (Wildman–Crippen LogP) is 2.75. The van der Waals surface area contributed by atoms with E-state index in [9.17, 15) is 4.79 Å². The van der Waals surface area contributed by atoms with E-state index >= 15 is 0 Å². The molecule has 1 aliphatic rings. The molecule has 0 saturated carbocycles. The highest BCUT2D eigenvalue weighted by Crippen LogP contribution is 2.25. The molecule has 1 aliphatic heterocycles. The molecule has 22 heavy (non-hydrogen) atoms. The van der Waals surface area contributed by atoms with Crippen molar-refractivity contribution >= 4 is 23.5 Å². The number of carbonyl (C=O) groups excluding carboxylic acids is 1. The van der Waals surface area contributed by atoms with Crippen LogP contribution in [0.2, 0.25) is 5.15 Å². The quantitative estimate of drug-likeness (QED) is 0.782. The van der Waals surface area contributed by atoms with Crippen LogP contribution in [0.15, 0.2) is 6.33 Å². The number of hydrogen-bond donors (Lipinski definition) is 0. The van der Waals surface area contributed by atoms with Gasteiger partial charge in [-0.15, -0.1) is 0 Å². The fraction of sp³-hybridized carbons (Fsp3) is 0.667. The zero-order chi connectivity index (χ0) is 16.3. The van der Waals surface area contributed by atoms with Gasteiger partial charge in [0, 0.05) is 31.7 Å². The van der Waals surface area contributed by atoms with E-state index < -0.39 is 5.60 Å². The third-order valence-electron chi connectivity index (χ3n) is 3.45. The van der Waals surface area contributed by atoms with E-state index in [0.717, 1.165) is 17.8 Å². The smallest absolute Gasteiger partial charge is 0.410 e. The number of carbonyl (C=O) groups is 1. The fourth-order valence-corrected chi connectivity index (χ4v) is 2.65. The number of aromatic nitrogens is 2. The van der Waals surface area contributed by atoms with E-state index in [1.807, 2.05) is 27.7 Å². The van der Waals surface area contributed by atoms with Crippen LogP contribution < -0.4 is 4.90 Å². The van der Waals surface area contributed by atoms with Crippen LogP contribution in [0.5, 0.6) is 0 Å². The predicted molar refractivity (Wildman–Crippen MR) is 86.4 cm³/mol. The van der Waals surface area contributed by atoms with Crippen LogP contribution in [0.3, 0.4) is 0 Å². The minimum Gasteiger partial charge on any atom is -0.444 e. The Bertz CT molecular complexity index is 537. The van der Waals surface area contributed by atoms with Gasteiger partial charge >= 0.3 is 6.09 Å². The summed E-state index contributed by atoms with van der Waals surface area (Å²) in [4.78, 5) is 24.3. The molecular formula is C15H23ClN4O2. The third kappa shape index (κ3) is 4.00. The maximum absolute atomic E-state index is 12.1. The lowest BCUT2D eigenvalue weighted by Gasteiger charge is -2.36. The van der Waals surface area contributed by atoms with Gasteiger partial charge in [0.1, 0.15) is 22.9 Å². The van der Waals surface area contributed by atoms with Crippen molar-refractivity contribution in [2.45, 2.75) is 39.7 Å². The molecule has 0 radical (unpaired) electrons. The number of piperazine rings is 1. The van der Waals surface area contributed by atoms with Gasteiger partial charge < -0.3 is 14.5 Å². The first kappa shape index (κ1) is 16.8. The van der Waals surface area contributed by atoms with Gasteiger partial charge in [0.15, 0.2) is 0 Å². The van der Waals surface area contributed by atoms with Crippen LogP contribution in [0.25, 0.3) is 0 Å². The summed E-state index contributed by atoms with van der Waals surface area (Å²) in [5, 5.41) is 0.502. The van der Waals surface area contributed by atoms with Gasteiger partial charge in [0.2, 0.25) is 0 Å². The summed E-state index contributed by atoms with van der Waals surface area (Å²) in [6.07, 6.45) is 2.00. The minimum absolute atomic E-state index is 0.261. The van der Waals surface area contributed by atoms with Crippen LogP contribution in [0.4, 0.5) is 10.6 Å². The molecule has 0 N–H and O–H groups in total. The van der Waals surface area contributed by atoms with Gasteiger partial charge in [0.05, 0.1) is 0 Å². The van der Waals surface area contributed by atoms with E-state index in [-0.39, 0.29) is 6.09 Å². The lowest BCUT2D eigenvalue weighted by molar-refractivity contribution is 0.0240. The number of amides is 1. The zero-order valence-corrected chi connectivity index (χ0v) is 14.4. The van der Waals surface area contributed by atoms with Crippen molar-refractivity contribution in [3.8, 4) is 0 Å². The third-order valence-corrected chi connectivity index (χ3v) is 3.78. The van der Waals surface area contributed by atoms with Gasteiger partial charge in [-0.3, -0.25) is 0 Å². The number of nitrogens with zero attached hydrogens (tertiary/aromatic N) is 4. The molecule has 2 heterocycles. The fourth-order valence-electron chi connectivity index (χ4n) is 2.39. The molecule has 2 rings (SSSR count). The van der Waals surface area contributed by atoms with Gasteiger partial charge in [-0.05, 0) is 27.2 Å². The second-order valence-corrected chi connectivity index (χ2v) is 6.63. The first-order valence-corrected chi connectivity index (χ1v) is 7.92. The van der Waals surface area contributed by atoms with Crippen LogP contribution in [0.1, 0.15) is 33.3 Å². The van der Waals surface area contributed by atoms with Crippen LogP contribution in [0, 0.1) is 0 Å². The van der Waals surface area contributed by atoms with E-state index in [1.54, 1.807) is 4.90 Å². The van der Waals surface area contributed by atoms with Crippen molar-refractivity contribution in [2.24, 2.45) is 0 Å². The molecule has 0 unspecified atom stereocenters. The second-order valence-electron chi connectivity index (χ2n) is 6.27. The summed E-state index contributed by atoms with van der Waals surface area (Å²) in [5.41, 5.74) is 0.485. The first-order chi connectivity index (χ1) is 10.3. The molecule has 7 heteroatoms. The molecule has 6 nitrogen and oxygen atoms in total. The van der Waals surface area contributed by atoms with Gasteiger partial charge in [-0.2, -0.15) is 0 Å². The van der Waals surface area contributed by atoms with Crippen molar-refractivity contribution in [3.63, 3.8) is 0 Å². The Morgan fingerprint density at radius 3 is 2.45 bits per heavy atom. The topological polar surface area (TPSA) is 58.6 Å². The Morgan fingerprint density at radius 1 is 1.27 bits per heavy atom. The summed E-state index contributed by atoms with van der Waals surface area (Å²) in [7, 11) is 0. The standard InChI is InChI=1S/C15H23ClN4O2/c1-5-11-12(16)17-10-18-13(11)19-6-8-20(9-7-19)14(21)22-15(2,3)4/h10H,5-9H2,1-4H3. The van der Waals surface area contributed by atoms with E-state index in [0.29, 0.717) is 31.3 Å².